The smallest absolute Gasteiger partial charge is 0.342 e. The minimum absolute atomic E-state index is 0.0726. The van der Waals surface area contributed by atoms with E-state index in [0.29, 0.717) is 6.54 Å². The van der Waals surface area contributed by atoms with Crippen LogP contribution >= 0.6 is 0 Å². The highest BCUT2D eigenvalue weighted by Crippen LogP contribution is 2.03. The van der Waals surface area contributed by atoms with Gasteiger partial charge >= 0.3 is 5.97 Å². The molecule has 0 amide bonds. The highest BCUT2D eigenvalue weighted by Gasteiger charge is 2.10. The van der Waals surface area contributed by atoms with Gasteiger partial charge < -0.3 is 9.84 Å². The first-order valence-electron chi connectivity index (χ1n) is 5.17. The summed E-state index contributed by atoms with van der Waals surface area (Å²) in [7, 11) is 1.26. The van der Waals surface area contributed by atoms with Crippen molar-refractivity contribution in [2.75, 3.05) is 7.11 Å². The van der Waals surface area contributed by atoms with E-state index in [1.54, 1.807) is 0 Å². The molecule has 1 aromatic carbocycles. The Bertz CT molecular complexity index is 431. The zero-order valence-corrected chi connectivity index (χ0v) is 9.88. The zero-order valence-electron chi connectivity index (χ0n) is 9.88. The van der Waals surface area contributed by atoms with Gasteiger partial charge in [-0.2, -0.15) is 0 Å². The zero-order chi connectivity index (χ0) is 12.7. The van der Waals surface area contributed by atoms with Crippen molar-refractivity contribution in [1.82, 2.24) is 0 Å². The number of esters is 1. The Morgan fingerprint density at radius 3 is 2.59 bits per heavy atom. The molecule has 0 unspecified atom stereocenters. The summed E-state index contributed by atoms with van der Waals surface area (Å²) in [5, 5.41) is 9.30. The van der Waals surface area contributed by atoms with E-state index < -0.39 is 5.97 Å². The third kappa shape index (κ3) is 4.10. The van der Waals surface area contributed by atoms with Crippen LogP contribution in [0.2, 0.25) is 0 Å². The molecule has 0 heterocycles. The van der Waals surface area contributed by atoms with E-state index in [-0.39, 0.29) is 11.3 Å². The van der Waals surface area contributed by atoms with Crippen LogP contribution in [-0.2, 0) is 16.1 Å². The predicted molar refractivity (Wildman–Crippen MR) is 66.0 cm³/mol. The van der Waals surface area contributed by atoms with Crippen LogP contribution in [0.3, 0.4) is 0 Å². The number of benzene rings is 1. The molecule has 0 radical (unpaired) electrons. The molecule has 0 atom stereocenters. The number of hydrogen-bond acceptors (Lipinski definition) is 4. The number of rotatable bonds is 4. The molecule has 0 aliphatic carbocycles. The summed E-state index contributed by atoms with van der Waals surface area (Å²) >= 11 is 0. The Morgan fingerprint density at radius 1 is 1.41 bits per heavy atom. The van der Waals surface area contributed by atoms with Gasteiger partial charge in [0.05, 0.1) is 13.7 Å². The van der Waals surface area contributed by atoms with Crippen LogP contribution in [0.15, 0.2) is 46.7 Å². The Hall–Kier alpha value is -2.10. The van der Waals surface area contributed by atoms with Crippen molar-refractivity contribution in [3.63, 3.8) is 0 Å². The first-order chi connectivity index (χ1) is 8.15. The van der Waals surface area contributed by atoms with Crippen LogP contribution in [0, 0.1) is 0 Å². The molecule has 0 saturated heterocycles. The lowest BCUT2D eigenvalue weighted by atomic mass is 10.2. The molecule has 0 aromatic heterocycles. The number of aliphatic imine (C=N–C) groups is 1. The van der Waals surface area contributed by atoms with Crippen LogP contribution in [-0.4, -0.2) is 24.4 Å². The number of aliphatic hydroxyl groups is 1. The molecule has 4 heteroatoms. The molecule has 0 bridgehead atoms. The Morgan fingerprint density at radius 2 is 2.06 bits per heavy atom. The van der Waals surface area contributed by atoms with Crippen molar-refractivity contribution in [2.24, 2.45) is 4.99 Å². The van der Waals surface area contributed by atoms with Gasteiger partial charge in [-0.3, -0.25) is 4.99 Å². The maximum Gasteiger partial charge on any atom is 0.342 e. The molecule has 1 N–H and O–H groups in total. The van der Waals surface area contributed by atoms with Gasteiger partial charge in [0.25, 0.3) is 0 Å². The normalized spacial score (nSPS) is 12.4. The molecule has 17 heavy (non-hydrogen) atoms. The topological polar surface area (TPSA) is 58.9 Å². The van der Waals surface area contributed by atoms with E-state index in [4.69, 9.17) is 0 Å². The SMILES string of the molecule is COC(=O)/C(C=NCc1ccccc1)=C(\C)O. The third-order valence-electron chi connectivity index (χ3n) is 2.13. The lowest BCUT2D eigenvalue weighted by molar-refractivity contribution is -0.135. The first kappa shape index (κ1) is 13.0. The van der Waals surface area contributed by atoms with Gasteiger partial charge in [0.1, 0.15) is 11.3 Å². The van der Waals surface area contributed by atoms with Crippen LogP contribution in [0.5, 0.6) is 0 Å². The second kappa shape index (κ2) is 6.48. The Kier molecular flexibility index (Phi) is 4.94. The van der Waals surface area contributed by atoms with Gasteiger partial charge in [-0.15, -0.1) is 0 Å². The van der Waals surface area contributed by atoms with E-state index in [1.807, 2.05) is 30.3 Å². The Balaban J connectivity index is 2.70. The molecule has 90 valence electrons. The molecule has 1 rings (SSSR count). The van der Waals surface area contributed by atoms with Gasteiger partial charge in [0.15, 0.2) is 0 Å². The van der Waals surface area contributed by atoms with Gasteiger partial charge in [0, 0.05) is 6.21 Å². The number of carbonyl (C=O) groups excluding carboxylic acids is 1. The molecule has 0 spiro atoms. The average Bonchev–Trinajstić information content (AvgIpc) is 2.34. The van der Waals surface area contributed by atoms with Gasteiger partial charge in [-0.1, -0.05) is 30.3 Å². The fourth-order valence-electron chi connectivity index (χ4n) is 1.23. The van der Waals surface area contributed by atoms with Crippen molar-refractivity contribution >= 4 is 12.2 Å². The molecule has 1 aromatic rings. The molecule has 4 nitrogen and oxygen atoms in total. The van der Waals surface area contributed by atoms with Crippen LogP contribution in [0.25, 0.3) is 0 Å². The molecular formula is C13H15NO3. The van der Waals surface area contributed by atoms with Gasteiger partial charge in [-0.05, 0) is 12.5 Å². The largest absolute Gasteiger partial charge is 0.512 e. The number of allylic oxidation sites excluding steroid dienone is 1. The summed E-state index contributed by atoms with van der Waals surface area (Å²) in [4.78, 5) is 15.4. The maximum atomic E-state index is 11.3. The number of hydrogen-bond donors (Lipinski definition) is 1. The fraction of sp³-hybridized carbons (Fsp3) is 0.231. The minimum Gasteiger partial charge on any atom is -0.512 e. The number of nitrogens with zero attached hydrogens (tertiary/aromatic N) is 1. The average molecular weight is 233 g/mol. The second-order valence-electron chi connectivity index (χ2n) is 3.45. The van der Waals surface area contributed by atoms with E-state index in [1.165, 1.54) is 20.2 Å². The maximum absolute atomic E-state index is 11.3. The summed E-state index contributed by atoms with van der Waals surface area (Å²) in [5.41, 5.74) is 1.10. The fourth-order valence-corrected chi connectivity index (χ4v) is 1.23. The van der Waals surface area contributed by atoms with Crippen LogP contribution < -0.4 is 0 Å². The van der Waals surface area contributed by atoms with Crippen molar-refractivity contribution < 1.29 is 14.6 Å². The van der Waals surface area contributed by atoms with E-state index in [0.717, 1.165) is 5.56 Å². The summed E-state index contributed by atoms with van der Waals surface area (Å²) in [6.45, 7) is 1.87. The lowest BCUT2D eigenvalue weighted by Crippen LogP contribution is -2.08. The summed E-state index contributed by atoms with van der Waals surface area (Å²) in [5.74, 6) is -0.699. The second-order valence-corrected chi connectivity index (χ2v) is 3.45. The lowest BCUT2D eigenvalue weighted by Gasteiger charge is -2.00. The number of aliphatic hydroxyl groups excluding tert-OH is 1. The highest BCUT2D eigenvalue weighted by molar-refractivity contribution is 6.09. The van der Waals surface area contributed by atoms with Crippen molar-refractivity contribution in [3.8, 4) is 0 Å². The minimum atomic E-state index is -0.596. The monoisotopic (exact) mass is 233 g/mol. The molecular weight excluding hydrogens is 218 g/mol. The Labute approximate surface area is 100 Å². The first-order valence-corrected chi connectivity index (χ1v) is 5.17. The van der Waals surface area contributed by atoms with Crippen molar-refractivity contribution in [3.05, 3.63) is 47.2 Å². The predicted octanol–water partition coefficient (Wildman–Crippen LogP) is 2.26. The number of carbonyl (C=O) groups is 1. The van der Waals surface area contributed by atoms with Crippen LogP contribution in [0.1, 0.15) is 12.5 Å². The van der Waals surface area contributed by atoms with Gasteiger partial charge in [0.2, 0.25) is 0 Å². The van der Waals surface area contributed by atoms with E-state index >= 15 is 0 Å². The summed E-state index contributed by atoms with van der Waals surface area (Å²) < 4.78 is 4.53. The highest BCUT2D eigenvalue weighted by atomic mass is 16.5. The van der Waals surface area contributed by atoms with Crippen molar-refractivity contribution in [1.29, 1.82) is 0 Å². The summed E-state index contributed by atoms with van der Waals surface area (Å²) in [6.07, 6.45) is 1.33. The quantitative estimate of drug-likeness (QED) is 0.375. The van der Waals surface area contributed by atoms with Crippen molar-refractivity contribution in [2.45, 2.75) is 13.5 Å². The van der Waals surface area contributed by atoms with E-state index in [9.17, 15) is 9.90 Å². The standard InChI is InChI=1S/C13H15NO3/c1-10(15)12(13(16)17-2)9-14-8-11-6-4-3-5-7-11/h3-7,9,15H,8H2,1-2H3/b12-10+,14-9?. The van der Waals surface area contributed by atoms with Crippen LogP contribution in [0.4, 0.5) is 0 Å². The third-order valence-corrected chi connectivity index (χ3v) is 2.13. The van der Waals surface area contributed by atoms with Gasteiger partial charge in [-0.25, -0.2) is 4.79 Å². The summed E-state index contributed by atoms with van der Waals surface area (Å²) in [6, 6.07) is 9.62. The molecule has 0 aliphatic rings. The molecule has 0 saturated carbocycles. The number of methoxy groups -OCH3 is 1. The molecule has 0 aliphatic heterocycles. The number of ether oxygens (including phenoxy) is 1. The molecule has 0 fully saturated rings. The van der Waals surface area contributed by atoms with E-state index in [2.05, 4.69) is 9.73 Å².